The van der Waals surface area contributed by atoms with Crippen molar-refractivity contribution < 1.29 is 38.4 Å². The van der Waals surface area contributed by atoms with Crippen molar-refractivity contribution in [2.45, 2.75) is 32.1 Å². The number of hydrogen-bond acceptors (Lipinski definition) is 9. The number of nitrogens with one attached hydrogen (secondary N) is 2. The summed E-state index contributed by atoms with van der Waals surface area (Å²) >= 11 is 0. The van der Waals surface area contributed by atoms with Crippen molar-refractivity contribution in [3.63, 3.8) is 0 Å². The average molecular weight is 568 g/mol. The van der Waals surface area contributed by atoms with Gasteiger partial charge in [-0.3, -0.25) is 4.79 Å². The second-order valence-electron chi connectivity index (χ2n) is 9.40. The molecule has 11 nitrogen and oxygen atoms in total. The third kappa shape index (κ3) is 8.14. The Bertz CT molecular complexity index is 1270. The van der Waals surface area contributed by atoms with Crippen LogP contribution in [0.5, 0.6) is 0 Å². The van der Waals surface area contributed by atoms with Gasteiger partial charge < -0.3 is 39.1 Å². The summed E-state index contributed by atoms with van der Waals surface area (Å²) < 4.78 is 27.9. The number of aliphatic hydroxyl groups excluding tert-OH is 1. The van der Waals surface area contributed by atoms with Gasteiger partial charge in [-0.15, -0.1) is 0 Å². The van der Waals surface area contributed by atoms with Gasteiger partial charge in [-0.1, -0.05) is 24.3 Å². The van der Waals surface area contributed by atoms with E-state index in [9.17, 15) is 9.59 Å². The molecule has 11 heteroatoms. The van der Waals surface area contributed by atoms with Crippen LogP contribution in [-0.2, 0) is 35.0 Å². The molecular weight excluding hydrogens is 530 g/mol. The summed E-state index contributed by atoms with van der Waals surface area (Å²) in [6.07, 6.45) is 1.68. The monoisotopic (exact) mass is 567 g/mol. The smallest absolute Gasteiger partial charge is 0.337 e. The number of aromatic amines is 1. The van der Waals surface area contributed by atoms with Crippen LogP contribution in [-0.4, -0.2) is 80.0 Å². The van der Waals surface area contributed by atoms with Gasteiger partial charge in [0.2, 0.25) is 6.29 Å². The lowest BCUT2D eigenvalue weighted by Crippen LogP contribution is -2.39. The molecule has 0 unspecified atom stereocenters. The number of rotatable bonds is 15. The van der Waals surface area contributed by atoms with E-state index < -0.39 is 12.3 Å². The first kappa shape index (κ1) is 30.2. The quantitative estimate of drug-likeness (QED) is 0.187. The van der Waals surface area contributed by atoms with Crippen LogP contribution in [0.4, 0.5) is 0 Å². The molecule has 41 heavy (non-hydrogen) atoms. The first-order valence-electron chi connectivity index (χ1n) is 13.7. The molecule has 0 fully saturated rings. The zero-order chi connectivity index (χ0) is 29.0. The van der Waals surface area contributed by atoms with Crippen LogP contribution in [0.15, 0.2) is 60.4 Å². The number of esters is 1. The molecule has 2 heterocycles. The number of aliphatic hydroxyl groups is 1. The Balaban J connectivity index is 1.52. The van der Waals surface area contributed by atoms with Gasteiger partial charge in [0.05, 0.1) is 56.7 Å². The molecule has 1 aliphatic heterocycles. The van der Waals surface area contributed by atoms with Crippen molar-refractivity contribution >= 4 is 22.9 Å². The minimum atomic E-state index is -0.698. The lowest BCUT2D eigenvalue weighted by atomic mass is 9.81. The van der Waals surface area contributed by atoms with Crippen LogP contribution in [0.2, 0.25) is 0 Å². The van der Waals surface area contributed by atoms with E-state index in [-0.39, 0.29) is 43.3 Å². The summed E-state index contributed by atoms with van der Waals surface area (Å²) in [5, 5.41) is 11.7. The van der Waals surface area contributed by atoms with Gasteiger partial charge in [0.1, 0.15) is 5.82 Å². The van der Waals surface area contributed by atoms with E-state index in [0.29, 0.717) is 44.2 Å². The number of carbonyl (C=O) groups is 2. The first-order chi connectivity index (χ1) is 20.0. The van der Waals surface area contributed by atoms with Crippen molar-refractivity contribution in [3.8, 4) is 0 Å². The van der Waals surface area contributed by atoms with E-state index in [1.807, 2.05) is 43.3 Å². The SMILES string of the molecule is CCO[C@H]1OC(C(=O)NCc2nc3ccccc3[nH]2)=C[C@@H](c2ccc(C(=O)OC)cc2)[C@H]1CCOCCOCCO. The molecule has 1 amide bonds. The van der Waals surface area contributed by atoms with Gasteiger partial charge >= 0.3 is 5.97 Å². The van der Waals surface area contributed by atoms with Crippen molar-refractivity contribution in [3.05, 3.63) is 77.3 Å². The second-order valence-corrected chi connectivity index (χ2v) is 9.40. The van der Waals surface area contributed by atoms with Crippen molar-refractivity contribution in [1.82, 2.24) is 15.3 Å². The largest absolute Gasteiger partial charge is 0.465 e. The highest BCUT2D eigenvalue weighted by molar-refractivity contribution is 5.92. The van der Waals surface area contributed by atoms with E-state index in [1.165, 1.54) is 7.11 Å². The third-order valence-corrected chi connectivity index (χ3v) is 6.71. The third-order valence-electron chi connectivity index (χ3n) is 6.71. The lowest BCUT2D eigenvalue weighted by Gasteiger charge is -2.37. The maximum absolute atomic E-state index is 13.3. The van der Waals surface area contributed by atoms with Crippen LogP contribution in [0.25, 0.3) is 11.0 Å². The molecule has 3 aromatic rings. The van der Waals surface area contributed by atoms with Crippen molar-refractivity contribution in [2.24, 2.45) is 5.92 Å². The summed E-state index contributed by atoms with van der Waals surface area (Å²) in [7, 11) is 1.34. The fourth-order valence-corrected chi connectivity index (χ4v) is 4.72. The highest BCUT2D eigenvalue weighted by Gasteiger charge is 2.38. The van der Waals surface area contributed by atoms with Crippen LogP contribution in [0, 0.1) is 5.92 Å². The molecular formula is C30H37N3O8. The zero-order valence-electron chi connectivity index (χ0n) is 23.3. The molecule has 3 N–H and O–H groups in total. The van der Waals surface area contributed by atoms with Gasteiger partial charge in [-0.25, -0.2) is 9.78 Å². The van der Waals surface area contributed by atoms with Crippen LogP contribution >= 0.6 is 0 Å². The molecule has 0 bridgehead atoms. The number of para-hydroxylation sites is 2. The number of hydrogen-bond donors (Lipinski definition) is 3. The number of fused-ring (bicyclic) bond motifs is 1. The molecule has 1 aliphatic rings. The van der Waals surface area contributed by atoms with E-state index in [4.69, 9.17) is 28.8 Å². The Morgan fingerprint density at radius 2 is 1.80 bits per heavy atom. The number of imidazole rings is 1. The van der Waals surface area contributed by atoms with Gasteiger partial charge in [-0.05, 0) is 49.2 Å². The number of ether oxygens (including phenoxy) is 5. The molecule has 0 spiro atoms. The first-order valence-corrected chi connectivity index (χ1v) is 13.7. The highest BCUT2D eigenvalue weighted by Crippen LogP contribution is 2.39. The maximum Gasteiger partial charge on any atom is 0.337 e. The van der Waals surface area contributed by atoms with Crippen molar-refractivity contribution in [2.75, 3.05) is 46.8 Å². The second kappa shape index (κ2) is 15.3. The van der Waals surface area contributed by atoms with E-state index >= 15 is 0 Å². The number of benzene rings is 2. The van der Waals surface area contributed by atoms with Crippen LogP contribution < -0.4 is 5.32 Å². The molecule has 220 valence electrons. The van der Waals surface area contributed by atoms with Crippen LogP contribution in [0.3, 0.4) is 0 Å². The number of aromatic nitrogens is 2. The van der Waals surface area contributed by atoms with Gasteiger partial charge in [0.15, 0.2) is 5.76 Å². The van der Waals surface area contributed by atoms with Gasteiger partial charge in [-0.2, -0.15) is 0 Å². The standard InChI is InChI=1S/C30H37N3O8/c1-3-40-30-22(12-14-38-16-17-39-15-13-34)23(20-8-10-21(11-9-20)29(36)37-2)18-26(41-30)28(35)31-19-27-32-24-6-4-5-7-25(24)33-27/h4-11,18,22-23,30,34H,3,12-17,19H2,1-2H3,(H,31,35)(H,32,33)/t22-,23+,30+/m1/s1. The predicted octanol–water partition coefficient (Wildman–Crippen LogP) is 3.06. The fourth-order valence-electron chi connectivity index (χ4n) is 4.72. The Morgan fingerprint density at radius 3 is 2.51 bits per heavy atom. The van der Waals surface area contributed by atoms with E-state index in [1.54, 1.807) is 18.2 Å². The number of methoxy groups -OCH3 is 1. The molecule has 0 saturated heterocycles. The minimum Gasteiger partial charge on any atom is -0.465 e. The maximum atomic E-state index is 13.3. The number of amides is 1. The number of nitrogens with zero attached hydrogens (tertiary/aromatic N) is 1. The zero-order valence-corrected chi connectivity index (χ0v) is 23.3. The molecule has 2 aromatic carbocycles. The summed E-state index contributed by atoms with van der Waals surface area (Å²) in [4.78, 5) is 33.0. The van der Waals surface area contributed by atoms with Gasteiger partial charge in [0, 0.05) is 25.0 Å². The average Bonchev–Trinajstić information content (AvgIpc) is 3.42. The Kier molecular flexibility index (Phi) is 11.3. The molecule has 0 aliphatic carbocycles. The molecule has 4 rings (SSSR count). The predicted molar refractivity (Wildman–Crippen MR) is 150 cm³/mol. The van der Waals surface area contributed by atoms with E-state index in [2.05, 4.69) is 15.3 Å². The van der Waals surface area contributed by atoms with Gasteiger partial charge in [0.25, 0.3) is 5.91 Å². The highest BCUT2D eigenvalue weighted by atomic mass is 16.7. The summed E-state index contributed by atoms with van der Waals surface area (Å²) in [6, 6.07) is 14.8. The van der Waals surface area contributed by atoms with E-state index in [0.717, 1.165) is 16.6 Å². The Labute approximate surface area is 238 Å². The van der Waals surface area contributed by atoms with Crippen LogP contribution in [0.1, 0.15) is 41.0 Å². The molecule has 1 aromatic heterocycles. The summed E-state index contributed by atoms with van der Waals surface area (Å²) in [5.41, 5.74) is 3.04. The minimum absolute atomic E-state index is 0.0353. The number of H-pyrrole nitrogens is 1. The Morgan fingerprint density at radius 1 is 1.05 bits per heavy atom. The molecule has 0 radical (unpaired) electrons. The number of carbonyl (C=O) groups excluding carboxylic acids is 2. The lowest BCUT2D eigenvalue weighted by molar-refractivity contribution is -0.168. The molecule has 0 saturated carbocycles. The summed E-state index contributed by atoms with van der Waals surface area (Å²) in [5.74, 6) is -0.466. The summed E-state index contributed by atoms with van der Waals surface area (Å²) in [6.45, 7) is 3.86. The number of allylic oxidation sites excluding steroid dienone is 1. The Hall–Kier alpha value is -3.77. The molecule has 3 atom stereocenters. The fraction of sp³-hybridized carbons (Fsp3) is 0.433. The van der Waals surface area contributed by atoms with Crippen molar-refractivity contribution in [1.29, 1.82) is 0 Å². The normalized spacial score (nSPS) is 18.5. The topological polar surface area (TPSA) is 141 Å².